The lowest BCUT2D eigenvalue weighted by atomic mass is 10.1. The Kier molecular flexibility index (Phi) is 3.78. The Morgan fingerprint density at radius 3 is 2.81 bits per heavy atom. The summed E-state index contributed by atoms with van der Waals surface area (Å²) in [5.74, 6) is 0. The minimum Gasteiger partial charge on any atom is -0.367 e. The quantitative estimate of drug-likeness (QED) is 0.736. The normalized spacial score (nSPS) is 10.6. The zero-order valence-electron chi connectivity index (χ0n) is 9.66. The molecule has 2 heteroatoms. The molecule has 0 atom stereocenters. The number of rotatable bonds is 5. The minimum absolute atomic E-state index is 0.940. The van der Waals surface area contributed by atoms with E-state index in [0.717, 1.165) is 19.5 Å². The Bertz CT molecular complexity index is 418. The van der Waals surface area contributed by atoms with Crippen molar-refractivity contribution < 1.29 is 0 Å². The molecule has 2 aromatic rings. The molecule has 0 radical (unpaired) electrons. The largest absolute Gasteiger partial charge is 0.367 e. The second kappa shape index (κ2) is 5.52. The molecule has 0 spiro atoms. The summed E-state index contributed by atoms with van der Waals surface area (Å²) in [6.45, 7) is 4.13. The lowest BCUT2D eigenvalue weighted by Crippen LogP contribution is -2.16. The van der Waals surface area contributed by atoms with E-state index in [-0.39, 0.29) is 0 Å². The van der Waals surface area contributed by atoms with E-state index in [0.29, 0.717) is 0 Å². The molecule has 0 amide bonds. The number of H-pyrrole nitrogens is 1. The van der Waals surface area contributed by atoms with Gasteiger partial charge in [-0.05, 0) is 42.6 Å². The van der Waals surface area contributed by atoms with Gasteiger partial charge in [0.15, 0.2) is 0 Å². The van der Waals surface area contributed by atoms with Crippen LogP contribution in [0.25, 0.3) is 0 Å². The summed E-state index contributed by atoms with van der Waals surface area (Å²) in [6.07, 6.45) is 5.08. The maximum atomic E-state index is 3.44. The topological polar surface area (TPSA) is 27.8 Å². The number of aromatic amines is 1. The van der Waals surface area contributed by atoms with Crippen molar-refractivity contribution in [3.8, 4) is 0 Å². The monoisotopic (exact) mass is 214 g/mol. The summed E-state index contributed by atoms with van der Waals surface area (Å²) in [6, 6.07) is 10.7. The molecule has 0 aliphatic carbocycles. The van der Waals surface area contributed by atoms with Gasteiger partial charge in [0.25, 0.3) is 0 Å². The van der Waals surface area contributed by atoms with Crippen LogP contribution < -0.4 is 5.32 Å². The van der Waals surface area contributed by atoms with Crippen LogP contribution in [0, 0.1) is 6.92 Å². The third kappa shape index (κ3) is 2.97. The van der Waals surface area contributed by atoms with E-state index in [4.69, 9.17) is 0 Å². The average Bonchev–Trinajstić information content (AvgIpc) is 2.79. The zero-order chi connectivity index (χ0) is 11.2. The Labute approximate surface area is 96.7 Å². The van der Waals surface area contributed by atoms with Crippen molar-refractivity contribution in [1.82, 2.24) is 10.3 Å². The van der Waals surface area contributed by atoms with Crippen molar-refractivity contribution in [2.24, 2.45) is 0 Å². The highest BCUT2D eigenvalue weighted by atomic mass is 14.8. The van der Waals surface area contributed by atoms with Crippen molar-refractivity contribution >= 4 is 0 Å². The number of hydrogen-bond acceptors (Lipinski definition) is 1. The van der Waals surface area contributed by atoms with Gasteiger partial charge < -0.3 is 10.3 Å². The predicted molar refractivity (Wildman–Crippen MR) is 67.4 cm³/mol. The molecule has 1 heterocycles. The molecular formula is C14H18N2. The molecule has 0 aliphatic rings. The van der Waals surface area contributed by atoms with Crippen LogP contribution in [0.2, 0.25) is 0 Å². The summed E-state index contributed by atoms with van der Waals surface area (Å²) in [5, 5.41) is 3.44. The third-order valence-corrected chi connectivity index (χ3v) is 2.82. The molecule has 84 valence electrons. The Morgan fingerprint density at radius 2 is 2.06 bits per heavy atom. The molecule has 0 saturated heterocycles. The standard InChI is InChI=1S/C14H18N2/c1-12-4-2-3-5-14(12)7-9-16-11-13-6-8-15-10-13/h2-6,8,10,15-16H,7,9,11H2,1H3. The lowest BCUT2D eigenvalue weighted by Gasteiger charge is -2.06. The Morgan fingerprint density at radius 1 is 1.19 bits per heavy atom. The minimum atomic E-state index is 0.940. The summed E-state index contributed by atoms with van der Waals surface area (Å²) >= 11 is 0. The summed E-state index contributed by atoms with van der Waals surface area (Å²) < 4.78 is 0. The van der Waals surface area contributed by atoms with Crippen molar-refractivity contribution in [2.45, 2.75) is 19.9 Å². The van der Waals surface area contributed by atoms with Gasteiger partial charge in [0.2, 0.25) is 0 Å². The van der Waals surface area contributed by atoms with E-state index in [1.54, 1.807) is 0 Å². The number of nitrogens with one attached hydrogen (secondary N) is 2. The smallest absolute Gasteiger partial charge is 0.0220 e. The van der Waals surface area contributed by atoms with E-state index >= 15 is 0 Å². The molecular weight excluding hydrogens is 196 g/mol. The summed E-state index contributed by atoms with van der Waals surface area (Å²) in [7, 11) is 0. The molecule has 0 saturated carbocycles. The highest BCUT2D eigenvalue weighted by Gasteiger charge is 1.96. The molecule has 0 unspecified atom stereocenters. The first kappa shape index (κ1) is 11.0. The molecule has 2 nitrogen and oxygen atoms in total. The van der Waals surface area contributed by atoms with Crippen molar-refractivity contribution in [2.75, 3.05) is 6.54 Å². The van der Waals surface area contributed by atoms with Crippen LogP contribution in [-0.4, -0.2) is 11.5 Å². The molecule has 16 heavy (non-hydrogen) atoms. The first-order chi connectivity index (χ1) is 7.86. The van der Waals surface area contributed by atoms with Crippen LogP contribution in [0.5, 0.6) is 0 Å². The third-order valence-electron chi connectivity index (χ3n) is 2.82. The summed E-state index contributed by atoms with van der Waals surface area (Å²) in [5.41, 5.74) is 4.12. The second-order valence-corrected chi connectivity index (χ2v) is 4.07. The van der Waals surface area contributed by atoms with Gasteiger partial charge in [-0.15, -0.1) is 0 Å². The van der Waals surface area contributed by atoms with E-state index < -0.39 is 0 Å². The highest BCUT2D eigenvalue weighted by molar-refractivity contribution is 5.25. The number of hydrogen-bond donors (Lipinski definition) is 2. The Hall–Kier alpha value is -1.54. The van der Waals surface area contributed by atoms with Gasteiger partial charge in [-0.25, -0.2) is 0 Å². The van der Waals surface area contributed by atoms with Gasteiger partial charge in [-0.3, -0.25) is 0 Å². The van der Waals surface area contributed by atoms with Gasteiger partial charge in [0.1, 0.15) is 0 Å². The van der Waals surface area contributed by atoms with E-state index in [1.165, 1.54) is 16.7 Å². The van der Waals surface area contributed by atoms with Crippen molar-refractivity contribution in [3.05, 3.63) is 59.4 Å². The van der Waals surface area contributed by atoms with Gasteiger partial charge in [-0.1, -0.05) is 24.3 Å². The van der Waals surface area contributed by atoms with E-state index in [2.05, 4.69) is 47.6 Å². The van der Waals surface area contributed by atoms with Crippen LogP contribution >= 0.6 is 0 Å². The first-order valence-corrected chi connectivity index (χ1v) is 5.73. The van der Waals surface area contributed by atoms with Gasteiger partial charge in [-0.2, -0.15) is 0 Å². The SMILES string of the molecule is Cc1ccccc1CCNCc1cc[nH]c1. The zero-order valence-corrected chi connectivity index (χ0v) is 9.66. The molecule has 2 rings (SSSR count). The molecule has 0 aliphatic heterocycles. The van der Waals surface area contributed by atoms with Gasteiger partial charge >= 0.3 is 0 Å². The number of benzene rings is 1. The lowest BCUT2D eigenvalue weighted by molar-refractivity contribution is 0.686. The first-order valence-electron chi connectivity index (χ1n) is 5.73. The number of aryl methyl sites for hydroxylation is 1. The maximum absolute atomic E-state index is 3.44. The molecule has 1 aromatic heterocycles. The molecule has 0 bridgehead atoms. The van der Waals surface area contributed by atoms with E-state index in [1.807, 2.05) is 12.4 Å². The van der Waals surface area contributed by atoms with Crippen LogP contribution in [0.3, 0.4) is 0 Å². The van der Waals surface area contributed by atoms with Gasteiger partial charge in [0, 0.05) is 18.9 Å². The fourth-order valence-electron chi connectivity index (χ4n) is 1.81. The number of aromatic nitrogens is 1. The fraction of sp³-hybridized carbons (Fsp3) is 0.286. The average molecular weight is 214 g/mol. The van der Waals surface area contributed by atoms with Crippen LogP contribution in [0.1, 0.15) is 16.7 Å². The van der Waals surface area contributed by atoms with Gasteiger partial charge in [0.05, 0.1) is 0 Å². The van der Waals surface area contributed by atoms with Crippen LogP contribution in [0.4, 0.5) is 0 Å². The molecule has 0 fully saturated rings. The fourth-order valence-corrected chi connectivity index (χ4v) is 1.81. The predicted octanol–water partition coefficient (Wildman–Crippen LogP) is 2.66. The Balaban J connectivity index is 1.74. The molecule has 2 N–H and O–H groups in total. The second-order valence-electron chi connectivity index (χ2n) is 4.07. The highest BCUT2D eigenvalue weighted by Crippen LogP contribution is 2.06. The van der Waals surface area contributed by atoms with E-state index in [9.17, 15) is 0 Å². The molecule has 1 aromatic carbocycles. The van der Waals surface area contributed by atoms with Crippen LogP contribution in [-0.2, 0) is 13.0 Å². The van der Waals surface area contributed by atoms with Crippen molar-refractivity contribution in [1.29, 1.82) is 0 Å². The van der Waals surface area contributed by atoms with Crippen molar-refractivity contribution in [3.63, 3.8) is 0 Å². The maximum Gasteiger partial charge on any atom is 0.0220 e. The summed E-state index contributed by atoms with van der Waals surface area (Å²) in [4.78, 5) is 3.06. The van der Waals surface area contributed by atoms with Crippen LogP contribution in [0.15, 0.2) is 42.7 Å².